The average Bonchev–Trinajstić information content (AvgIpc) is 2.72. The van der Waals surface area contributed by atoms with E-state index in [4.69, 9.17) is 5.73 Å². The van der Waals surface area contributed by atoms with Crippen molar-refractivity contribution >= 4 is 36.4 Å². The molecule has 0 saturated heterocycles. The monoisotopic (exact) mass is 395 g/mol. The molecule has 2 aromatic carbocycles. The van der Waals surface area contributed by atoms with Gasteiger partial charge >= 0.3 is 0 Å². The highest BCUT2D eigenvalue weighted by Crippen LogP contribution is 2.27. The quantitative estimate of drug-likeness (QED) is 0.859. The van der Waals surface area contributed by atoms with Crippen molar-refractivity contribution < 1.29 is 4.79 Å². The van der Waals surface area contributed by atoms with Crippen molar-refractivity contribution in [1.82, 2.24) is 4.90 Å². The van der Waals surface area contributed by atoms with Crippen molar-refractivity contribution in [3.8, 4) is 0 Å². The Kier molecular flexibility index (Phi) is 8.41. The zero-order valence-electron chi connectivity index (χ0n) is 15.2. The topological polar surface area (TPSA) is 49.6 Å². The molecule has 1 heterocycles. The number of carbonyl (C=O) groups excluding carboxylic acids is 1. The summed E-state index contributed by atoms with van der Waals surface area (Å²) in [7, 11) is 2.08. The number of amides is 1. The SMILES string of the molecule is CC1CN(C)c2ccccc2CN1C(=O)CC(N)c1ccccc1.Cl.Cl. The molecule has 1 amide bonds. The molecule has 4 nitrogen and oxygen atoms in total. The van der Waals surface area contributed by atoms with Crippen LogP contribution in [0.1, 0.15) is 30.5 Å². The van der Waals surface area contributed by atoms with Crippen LogP contribution in [0.15, 0.2) is 54.6 Å². The molecular weight excluding hydrogens is 369 g/mol. The molecule has 3 rings (SSSR count). The molecule has 142 valence electrons. The van der Waals surface area contributed by atoms with Gasteiger partial charge in [0.25, 0.3) is 0 Å². The maximum absolute atomic E-state index is 12.9. The first-order valence-electron chi connectivity index (χ1n) is 8.45. The number of nitrogens with two attached hydrogens (primary N) is 1. The van der Waals surface area contributed by atoms with Crippen LogP contribution >= 0.6 is 24.8 Å². The van der Waals surface area contributed by atoms with Crippen LogP contribution in [0.25, 0.3) is 0 Å². The van der Waals surface area contributed by atoms with Gasteiger partial charge in [0.15, 0.2) is 0 Å². The average molecular weight is 396 g/mol. The van der Waals surface area contributed by atoms with Crippen LogP contribution in [0.5, 0.6) is 0 Å². The summed E-state index contributed by atoms with van der Waals surface area (Å²) in [6.45, 7) is 3.57. The Balaban J connectivity index is 0.00000169. The van der Waals surface area contributed by atoms with Gasteiger partial charge < -0.3 is 15.5 Å². The number of halogens is 2. The molecule has 0 bridgehead atoms. The first kappa shape index (κ1) is 22.3. The number of para-hydroxylation sites is 1. The van der Waals surface area contributed by atoms with Crippen molar-refractivity contribution in [1.29, 1.82) is 0 Å². The third kappa shape index (κ3) is 4.91. The van der Waals surface area contributed by atoms with Gasteiger partial charge in [-0.1, -0.05) is 48.5 Å². The Morgan fingerprint density at radius 3 is 2.42 bits per heavy atom. The van der Waals surface area contributed by atoms with E-state index in [1.807, 2.05) is 47.4 Å². The Morgan fingerprint density at radius 1 is 1.12 bits per heavy atom. The van der Waals surface area contributed by atoms with Gasteiger partial charge in [0, 0.05) is 44.3 Å². The lowest BCUT2D eigenvalue weighted by atomic mass is 10.0. The second kappa shape index (κ2) is 9.81. The van der Waals surface area contributed by atoms with E-state index in [1.54, 1.807) is 0 Å². The molecule has 0 radical (unpaired) electrons. The van der Waals surface area contributed by atoms with Gasteiger partial charge in [-0.05, 0) is 24.1 Å². The zero-order valence-corrected chi connectivity index (χ0v) is 16.8. The van der Waals surface area contributed by atoms with Gasteiger partial charge in [0.1, 0.15) is 0 Å². The van der Waals surface area contributed by atoms with E-state index in [0.717, 1.165) is 12.1 Å². The van der Waals surface area contributed by atoms with E-state index in [2.05, 4.69) is 31.0 Å². The zero-order chi connectivity index (χ0) is 17.1. The standard InChI is InChI=1S/C20H25N3O.2ClH/c1-15-13-22(2)19-11-7-6-10-17(19)14-23(15)20(24)12-18(21)16-8-4-3-5-9-16;;/h3-11,15,18H,12-14,21H2,1-2H3;2*1H. The van der Waals surface area contributed by atoms with Gasteiger partial charge in [0.05, 0.1) is 0 Å². The predicted molar refractivity (Wildman–Crippen MR) is 112 cm³/mol. The van der Waals surface area contributed by atoms with Crippen LogP contribution in [0.3, 0.4) is 0 Å². The number of carbonyl (C=O) groups is 1. The summed E-state index contributed by atoms with van der Waals surface area (Å²) in [5.74, 6) is 0.115. The molecule has 0 aliphatic carbocycles. The van der Waals surface area contributed by atoms with Crippen molar-refractivity contribution in [2.45, 2.75) is 32.0 Å². The van der Waals surface area contributed by atoms with E-state index in [-0.39, 0.29) is 42.8 Å². The lowest BCUT2D eigenvalue weighted by molar-refractivity contribution is -0.134. The number of hydrogen-bond donors (Lipinski definition) is 1. The third-order valence-corrected chi connectivity index (χ3v) is 4.76. The van der Waals surface area contributed by atoms with Crippen LogP contribution in [0.2, 0.25) is 0 Å². The largest absolute Gasteiger partial charge is 0.372 e. The van der Waals surface area contributed by atoms with Crippen LogP contribution in [0.4, 0.5) is 5.69 Å². The molecule has 0 aromatic heterocycles. The fourth-order valence-corrected chi connectivity index (χ4v) is 3.41. The first-order chi connectivity index (χ1) is 11.6. The Morgan fingerprint density at radius 2 is 1.73 bits per heavy atom. The second-order valence-corrected chi connectivity index (χ2v) is 6.60. The maximum Gasteiger partial charge on any atom is 0.225 e. The lowest BCUT2D eigenvalue weighted by Crippen LogP contribution is -2.42. The second-order valence-electron chi connectivity index (χ2n) is 6.60. The van der Waals surface area contributed by atoms with Gasteiger partial charge in [0.2, 0.25) is 5.91 Å². The van der Waals surface area contributed by atoms with Gasteiger partial charge in [-0.3, -0.25) is 4.79 Å². The van der Waals surface area contributed by atoms with E-state index in [1.165, 1.54) is 11.3 Å². The number of anilines is 1. The summed E-state index contributed by atoms with van der Waals surface area (Å²) >= 11 is 0. The molecule has 2 aromatic rings. The molecular formula is C20H27Cl2N3O. The van der Waals surface area contributed by atoms with Gasteiger partial charge in [-0.15, -0.1) is 24.8 Å². The normalized spacial score (nSPS) is 17.3. The molecule has 26 heavy (non-hydrogen) atoms. The maximum atomic E-state index is 12.9. The predicted octanol–water partition coefficient (Wildman–Crippen LogP) is 3.79. The lowest BCUT2D eigenvalue weighted by Gasteiger charge is -2.29. The molecule has 0 spiro atoms. The molecule has 2 unspecified atom stereocenters. The smallest absolute Gasteiger partial charge is 0.225 e. The number of benzene rings is 2. The fourth-order valence-electron chi connectivity index (χ4n) is 3.41. The number of rotatable bonds is 3. The van der Waals surface area contributed by atoms with E-state index >= 15 is 0 Å². The summed E-state index contributed by atoms with van der Waals surface area (Å²) in [4.78, 5) is 17.1. The summed E-state index contributed by atoms with van der Waals surface area (Å²) in [6.07, 6.45) is 0.334. The van der Waals surface area contributed by atoms with Crippen molar-refractivity contribution in [3.63, 3.8) is 0 Å². The van der Waals surface area contributed by atoms with Crippen molar-refractivity contribution in [2.24, 2.45) is 5.73 Å². The third-order valence-electron chi connectivity index (χ3n) is 4.76. The molecule has 2 N–H and O–H groups in total. The number of fused-ring (bicyclic) bond motifs is 1. The van der Waals surface area contributed by atoms with Crippen molar-refractivity contribution in [3.05, 3.63) is 65.7 Å². The highest BCUT2D eigenvalue weighted by molar-refractivity contribution is 5.85. The van der Waals surface area contributed by atoms with Gasteiger partial charge in [-0.25, -0.2) is 0 Å². The van der Waals surface area contributed by atoms with E-state index in [9.17, 15) is 4.79 Å². The highest BCUT2D eigenvalue weighted by atomic mass is 35.5. The summed E-state index contributed by atoms with van der Waals surface area (Å²) in [5.41, 5.74) is 9.64. The number of nitrogens with zero attached hydrogens (tertiary/aromatic N) is 2. The first-order valence-corrected chi connectivity index (χ1v) is 8.45. The summed E-state index contributed by atoms with van der Waals surface area (Å²) < 4.78 is 0. The number of hydrogen-bond acceptors (Lipinski definition) is 3. The molecule has 1 aliphatic rings. The fraction of sp³-hybridized carbons (Fsp3) is 0.350. The summed E-state index contributed by atoms with van der Waals surface area (Å²) in [6, 6.07) is 18.0. The van der Waals surface area contributed by atoms with E-state index in [0.29, 0.717) is 13.0 Å². The Hall–Kier alpha value is -1.75. The molecule has 1 aliphatic heterocycles. The molecule has 6 heteroatoms. The van der Waals surface area contributed by atoms with Crippen molar-refractivity contribution in [2.75, 3.05) is 18.5 Å². The van der Waals surface area contributed by atoms with Crippen LogP contribution in [0, 0.1) is 0 Å². The van der Waals surface area contributed by atoms with Crippen LogP contribution in [-0.4, -0.2) is 30.4 Å². The van der Waals surface area contributed by atoms with Gasteiger partial charge in [-0.2, -0.15) is 0 Å². The van der Waals surface area contributed by atoms with E-state index < -0.39 is 0 Å². The molecule has 0 fully saturated rings. The summed E-state index contributed by atoms with van der Waals surface area (Å²) in [5, 5.41) is 0. The minimum Gasteiger partial charge on any atom is -0.372 e. The molecule has 2 atom stereocenters. The highest BCUT2D eigenvalue weighted by Gasteiger charge is 2.27. The minimum atomic E-state index is -0.262. The Bertz CT molecular complexity index is 711. The van der Waals surface area contributed by atoms with Crippen LogP contribution in [-0.2, 0) is 11.3 Å². The Labute approximate surface area is 168 Å². The van der Waals surface area contributed by atoms with Crippen LogP contribution < -0.4 is 10.6 Å². The minimum absolute atomic E-state index is 0. The number of likely N-dealkylation sites (N-methyl/N-ethyl adjacent to an activating group) is 1. The molecule has 0 saturated carbocycles.